The molecule has 0 bridgehead atoms. The van der Waals surface area contributed by atoms with Crippen LogP contribution in [0.2, 0.25) is 0 Å². The Balaban J connectivity index is 4.12. The molecule has 3 heteroatoms. The summed E-state index contributed by atoms with van der Waals surface area (Å²) >= 11 is 0. The van der Waals surface area contributed by atoms with Gasteiger partial charge in [0.1, 0.15) is 0 Å². The molecule has 0 heterocycles. The van der Waals surface area contributed by atoms with Crippen molar-refractivity contribution in [1.82, 2.24) is 10.2 Å². The molecular formula is C16H36N2O. The molecule has 0 saturated carbocycles. The van der Waals surface area contributed by atoms with Crippen LogP contribution in [0.1, 0.15) is 60.3 Å². The van der Waals surface area contributed by atoms with Crippen molar-refractivity contribution in [3.05, 3.63) is 0 Å². The molecule has 2 atom stereocenters. The van der Waals surface area contributed by atoms with Crippen LogP contribution >= 0.6 is 0 Å². The van der Waals surface area contributed by atoms with Crippen molar-refractivity contribution < 1.29 is 5.11 Å². The second-order valence-electron chi connectivity index (χ2n) is 6.47. The second kappa shape index (κ2) is 9.73. The fourth-order valence-corrected chi connectivity index (χ4v) is 2.64. The zero-order chi connectivity index (χ0) is 14.9. The molecule has 0 aliphatic rings. The summed E-state index contributed by atoms with van der Waals surface area (Å²) in [5.41, 5.74) is -0.0919. The quantitative estimate of drug-likeness (QED) is 0.607. The summed E-state index contributed by atoms with van der Waals surface area (Å²) in [6.07, 6.45) is 4.41. The maximum Gasteiger partial charge on any atom is 0.0613 e. The van der Waals surface area contributed by atoms with Crippen LogP contribution in [0.3, 0.4) is 0 Å². The molecule has 2 N–H and O–H groups in total. The summed E-state index contributed by atoms with van der Waals surface area (Å²) in [5, 5.41) is 13.2. The lowest BCUT2D eigenvalue weighted by Crippen LogP contribution is -2.51. The van der Waals surface area contributed by atoms with Gasteiger partial charge in [0.15, 0.2) is 0 Å². The minimum Gasteiger partial charge on any atom is -0.394 e. The number of nitrogens with zero attached hydrogens (tertiary/aromatic N) is 1. The third-order valence-corrected chi connectivity index (χ3v) is 4.09. The van der Waals surface area contributed by atoms with Crippen LogP contribution in [0.5, 0.6) is 0 Å². The number of hydrogen-bond acceptors (Lipinski definition) is 3. The van der Waals surface area contributed by atoms with Gasteiger partial charge in [-0.25, -0.2) is 0 Å². The first kappa shape index (κ1) is 18.9. The monoisotopic (exact) mass is 272 g/mol. The van der Waals surface area contributed by atoms with Crippen LogP contribution in [-0.2, 0) is 0 Å². The summed E-state index contributed by atoms with van der Waals surface area (Å²) in [6, 6.07) is 0.421. The normalized spacial score (nSPS) is 16.9. The summed E-state index contributed by atoms with van der Waals surface area (Å²) in [6.45, 7) is 13.5. The Hall–Kier alpha value is -0.120. The molecule has 19 heavy (non-hydrogen) atoms. The van der Waals surface area contributed by atoms with E-state index in [9.17, 15) is 5.11 Å². The number of hydrogen-bond donors (Lipinski definition) is 2. The van der Waals surface area contributed by atoms with E-state index >= 15 is 0 Å². The van der Waals surface area contributed by atoms with Gasteiger partial charge in [0.2, 0.25) is 0 Å². The van der Waals surface area contributed by atoms with E-state index in [0.29, 0.717) is 6.04 Å². The van der Waals surface area contributed by atoms with Crippen LogP contribution in [0.4, 0.5) is 0 Å². The fraction of sp³-hybridized carbons (Fsp3) is 1.00. The number of nitrogens with one attached hydrogen (secondary N) is 1. The molecular weight excluding hydrogens is 236 g/mol. The highest BCUT2D eigenvalue weighted by atomic mass is 16.3. The highest BCUT2D eigenvalue weighted by Gasteiger charge is 2.27. The molecule has 0 radical (unpaired) electrons. The standard InChI is InChI=1S/C16H36N2O/c1-7-15(5)12-18(6)11-9-10-16(8-2,13-19)17-14(3)4/h14-15,17,19H,7-13H2,1-6H3. The van der Waals surface area contributed by atoms with E-state index in [0.717, 1.165) is 31.7 Å². The predicted octanol–water partition coefficient (Wildman–Crippen LogP) is 2.88. The van der Waals surface area contributed by atoms with Crippen molar-refractivity contribution in [3.8, 4) is 0 Å². The maximum atomic E-state index is 9.70. The summed E-state index contributed by atoms with van der Waals surface area (Å²) in [7, 11) is 2.20. The van der Waals surface area contributed by atoms with Crippen LogP contribution in [0.25, 0.3) is 0 Å². The molecule has 2 unspecified atom stereocenters. The molecule has 0 rings (SSSR count). The lowest BCUT2D eigenvalue weighted by Gasteiger charge is -2.35. The minimum absolute atomic E-state index is 0.0919. The molecule has 0 aromatic carbocycles. The van der Waals surface area contributed by atoms with Gasteiger partial charge >= 0.3 is 0 Å². The topological polar surface area (TPSA) is 35.5 Å². The van der Waals surface area contributed by atoms with Gasteiger partial charge in [-0.2, -0.15) is 0 Å². The van der Waals surface area contributed by atoms with E-state index < -0.39 is 0 Å². The Morgan fingerprint density at radius 3 is 2.26 bits per heavy atom. The first-order valence-electron chi connectivity index (χ1n) is 7.96. The Morgan fingerprint density at radius 1 is 1.21 bits per heavy atom. The molecule has 116 valence electrons. The lowest BCUT2D eigenvalue weighted by atomic mass is 9.90. The molecule has 0 aliphatic heterocycles. The molecule has 0 aromatic rings. The highest BCUT2D eigenvalue weighted by molar-refractivity contribution is 4.87. The van der Waals surface area contributed by atoms with Gasteiger partial charge < -0.3 is 15.3 Å². The predicted molar refractivity (Wildman–Crippen MR) is 84.6 cm³/mol. The van der Waals surface area contributed by atoms with E-state index in [1.807, 2.05) is 0 Å². The average Bonchev–Trinajstić information content (AvgIpc) is 2.36. The zero-order valence-corrected chi connectivity index (χ0v) is 14.0. The first-order valence-corrected chi connectivity index (χ1v) is 7.96. The van der Waals surface area contributed by atoms with Crippen LogP contribution in [-0.4, -0.2) is 48.3 Å². The Morgan fingerprint density at radius 2 is 1.84 bits per heavy atom. The molecule has 0 saturated heterocycles. The van der Waals surface area contributed by atoms with E-state index in [1.165, 1.54) is 13.0 Å². The van der Waals surface area contributed by atoms with Crippen molar-refractivity contribution >= 4 is 0 Å². The summed E-state index contributed by atoms with van der Waals surface area (Å²) in [4.78, 5) is 2.42. The minimum atomic E-state index is -0.0919. The third kappa shape index (κ3) is 7.91. The number of aliphatic hydroxyl groups is 1. The Bertz CT molecular complexity index is 215. The fourth-order valence-electron chi connectivity index (χ4n) is 2.64. The van der Waals surface area contributed by atoms with Crippen LogP contribution in [0.15, 0.2) is 0 Å². The smallest absolute Gasteiger partial charge is 0.0613 e. The Kier molecular flexibility index (Phi) is 9.67. The SMILES string of the molecule is CCC(C)CN(C)CCCC(CC)(CO)NC(C)C. The van der Waals surface area contributed by atoms with Gasteiger partial charge in [0.05, 0.1) is 6.61 Å². The number of rotatable bonds is 11. The second-order valence-corrected chi connectivity index (χ2v) is 6.47. The van der Waals surface area contributed by atoms with Crippen molar-refractivity contribution in [2.75, 3.05) is 26.7 Å². The molecule has 0 aromatic heterocycles. The van der Waals surface area contributed by atoms with E-state index in [2.05, 4.69) is 51.9 Å². The van der Waals surface area contributed by atoms with Crippen molar-refractivity contribution in [1.29, 1.82) is 0 Å². The van der Waals surface area contributed by atoms with Gasteiger partial charge in [0, 0.05) is 18.1 Å². The first-order chi connectivity index (χ1) is 8.89. The molecule has 0 fully saturated rings. The molecule has 3 nitrogen and oxygen atoms in total. The van der Waals surface area contributed by atoms with Crippen molar-refractivity contribution in [3.63, 3.8) is 0 Å². The number of aliphatic hydroxyl groups excluding tert-OH is 1. The van der Waals surface area contributed by atoms with Gasteiger partial charge in [0.25, 0.3) is 0 Å². The van der Waals surface area contributed by atoms with Gasteiger partial charge in [-0.3, -0.25) is 0 Å². The van der Waals surface area contributed by atoms with Gasteiger partial charge in [-0.1, -0.05) is 41.0 Å². The highest BCUT2D eigenvalue weighted by Crippen LogP contribution is 2.18. The summed E-state index contributed by atoms with van der Waals surface area (Å²) < 4.78 is 0. The van der Waals surface area contributed by atoms with Crippen molar-refractivity contribution in [2.24, 2.45) is 5.92 Å². The van der Waals surface area contributed by atoms with Crippen molar-refractivity contribution in [2.45, 2.75) is 71.9 Å². The molecule has 0 aliphatic carbocycles. The third-order valence-electron chi connectivity index (χ3n) is 4.09. The Labute approximate surface area is 120 Å². The largest absolute Gasteiger partial charge is 0.394 e. The zero-order valence-electron chi connectivity index (χ0n) is 14.0. The van der Waals surface area contributed by atoms with E-state index in [-0.39, 0.29) is 12.1 Å². The maximum absolute atomic E-state index is 9.70. The molecule has 0 spiro atoms. The molecule has 0 amide bonds. The summed E-state index contributed by atoms with van der Waals surface area (Å²) in [5.74, 6) is 0.771. The van der Waals surface area contributed by atoms with Crippen LogP contribution in [0, 0.1) is 5.92 Å². The van der Waals surface area contributed by atoms with Crippen LogP contribution < -0.4 is 5.32 Å². The van der Waals surface area contributed by atoms with Gasteiger partial charge in [-0.15, -0.1) is 0 Å². The van der Waals surface area contributed by atoms with E-state index in [1.54, 1.807) is 0 Å². The van der Waals surface area contributed by atoms with Gasteiger partial charge in [-0.05, 0) is 38.8 Å². The average molecular weight is 272 g/mol. The lowest BCUT2D eigenvalue weighted by molar-refractivity contribution is 0.130. The van der Waals surface area contributed by atoms with E-state index in [4.69, 9.17) is 0 Å².